The number of benzene rings is 2. The van der Waals surface area contributed by atoms with Gasteiger partial charge in [-0.05, 0) is 44.2 Å². The molecular weight excluding hydrogens is 511 g/mol. The minimum absolute atomic E-state index is 0.199. The molecule has 184 valence electrons. The fourth-order valence-electron chi connectivity index (χ4n) is 3.35. The van der Waals surface area contributed by atoms with E-state index in [1.165, 1.54) is 30.3 Å². The van der Waals surface area contributed by atoms with Gasteiger partial charge in [-0.1, -0.05) is 41.1 Å². The lowest BCUT2D eigenvalue weighted by Crippen LogP contribution is -2.33. The molecule has 12 heteroatoms. The monoisotopic (exact) mass is 528 g/mol. The number of aryl methyl sites for hydroxylation is 1. The Hall–Kier alpha value is -4.09. The smallest absolute Gasteiger partial charge is 0.350 e. The standard InChI is InChI=1S/C24H18ClFN4O5S/c1-3-35-23(34)19-12(2)27-24(36-19)29-20(31)13-7-6-8-14(11-13)28-18-17(25)21(32)30(22(18)33)16-10-5-4-9-15(16)26/h4-11,28H,3H2,1-2H3,(H,27,29,31). The predicted molar refractivity (Wildman–Crippen MR) is 133 cm³/mol. The number of amides is 3. The molecule has 0 spiro atoms. The largest absolute Gasteiger partial charge is 0.462 e. The summed E-state index contributed by atoms with van der Waals surface area (Å²) in [6, 6.07) is 11.4. The van der Waals surface area contributed by atoms with Crippen LogP contribution < -0.4 is 15.5 Å². The molecule has 36 heavy (non-hydrogen) atoms. The SMILES string of the molecule is CCOC(=O)c1sc(NC(=O)c2cccc(NC3=C(Cl)C(=O)N(c4ccccc4F)C3=O)c2)nc1C. The zero-order valence-electron chi connectivity index (χ0n) is 18.9. The van der Waals surface area contributed by atoms with E-state index < -0.39 is 34.5 Å². The first-order valence-corrected chi connectivity index (χ1v) is 11.8. The second-order valence-corrected chi connectivity index (χ2v) is 8.78. The fraction of sp³-hybridized carbons (Fsp3) is 0.125. The van der Waals surface area contributed by atoms with Crippen molar-refractivity contribution in [2.75, 3.05) is 22.1 Å². The third-order valence-corrected chi connectivity index (χ3v) is 6.40. The zero-order chi connectivity index (χ0) is 26.0. The number of carbonyl (C=O) groups excluding carboxylic acids is 4. The number of halogens is 2. The molecule has 3 aromatic rings. The molecule has 0 saturated heterocycles. The molecule has 2 heterocycles. The topological polar surface area (TPSA) is 118 Å². The number of nitrogens with one attached hydrogen (secondary N) is 2. The number of rotatable bonds is 7. The van der Waals surface area contributed by atoms with Gasteiger partial charge in [0, 0.05) is 11.3 Å². The quantitative estimate of drug-likeness (QED) is 0.343. The highest BCUT2D eigenvalue weighted by molar-refractivity contribution is 7.17. The maximum atomic E-state index is 14.2. The van der Waals surface area contributed by atoms with Gasteiger partial charge in [0.2, 0.25) is 0 Å². The van der Waals surface area contributed by atoms with Crippen LogP contribution in [0, 0.1) is 12.7 Å². The van der Waals surface area contributed by atoms with E-state index >= 15 is 0 Å². The van der Waals surface area contributed by atoms with Crippen molar-refractivity contribution in [3.8, 4) is 0 Å². The molecule has 4 rings (SSSR count). The number of esters is 1. The van der Waals surface area contributed by atoms with Gasteiger partial charge in [-0.2, -0.15) is 0 Å². The summed E-state index contributed by atoms with van der Waals surface area (Å²) in [6.45, 7) is 3.53. The van der Waals surface area contributed by atoms with E-state index in [2.05, 4.69) is 15.6 Å². The van der Waals surface area contributed by atoms with Gasteiger partial charge in [0.05, 0.1) is 18.0 Å². The molecule has 0 bridgehead atoms. The molecule has 2 N–H and O–H groups in total. The van der Waals surface area contributed by atoms with Crippen LogP contribution in [0.5, 0.6) is 0 Å². The van der Waals surface area contributed by atoms with Gasteiger partial charge in [-0.3, -0.25) is 19.7 Å². The van der Waals surface area contributed by atoms with Crippen molar-refractivity contribution in [1.29, 1.82) is 0 Å². The maximum Gasteiger partial charge on any atom is 0.350 e. The van der Waals surface area contributed by atoms with E-state index in [1.807, 2.05) is 0 Å². The van der Waals surface area contributed by atoms with Gasteiger partial charge in [0.25, 0.3) is 17.7 Å². The van der Waals surface area contributed by atoms with Crippen LogP contribution in [0.1, 0.15) is 32.6 Å². The Labute approximate surface area is 213 Å². The van der Waals surface area contributed by atoms with E-state index in [4.69, 9.17) is 16.3 Å². The molecule has 9 nitrogen and oxygen atoms in total. The Balaban J connectivity index is 1.51. The summed E-state index contributed by atoms with van der Waals surface area (Å²) in [5.41, 5.74) is 0.433. The fourth-order valence-corrected chi connectivity index (χ4v) is 4.42. The summed E-state index contributed by atoms with van der Waals surface area (Å²) in [6.07, 6.45) is 0. The summed E-state index contributed by atoms with van der Waals surface area (Å²) < 4.78 is 19.2. The summed E-state index contributed by atoms with van der Waals surface area (Å²) in [5.74, 6) is -3.52. The number of ether oxygens (including phenoxy) is 1. The van der Waals surface area contributed by atoms with Crippen LogP contribution in [0.4, 0.5) is 20.9 Å². The lowest BCUT2D eigenvalue weighted by Gasteiger charge is -2.15. The number of thiazole rings is 1. The van der Waals surface area contributed by atoms with E-state index in [0.29, 0.717) is 10.6 Å². The average Bonchev–Trinajstić information content (AvgIpc) is 3.32. The van der Waals surface area contributed by atoms with E-state index in [0.717, 1.165) is 17.4 Å². The first-order valence-electron chi connectivity index (χ1n) is 10.6. The summed E-state index contributed by atoms with van der Waals surface area (Å²) in [4.78, 5) is 55.3. The molecule has 1 aliphatic rings. The van der Waals surface area contributed by atoms with Gasteiger partial charge >= 0.3 is 5.97 Å². The van der Waals surface area contributed by atoms with Gasteiger partial charge < -0.3 is 10.1 Å². The van der Waals surface area contributed by atoms with Crippen molar-refractivity contribution in [3.05, 3.63) is 81.2 Å². The third-order valence-electron chi connectivity index (χ3n) is 4.99. The summed E-state index contributed by atoms with van der Waals surface area (Å²) in [7, 11) is 0. The van der Waals surface area contributed by atoms with Crippen molar-refractivity contribution >= 4 is 63.1 Å². The third kappa shape index (κ3) is 4.83. The number of carbonyl (C=O) groups is 4. The van der Waals surface area contributed by atoms with Crippen molar-refractivity contribution < 1.29 is 28.3 Å². The Morgan fingerprint density at radius 1 is 1.14 bits per heavy atom. The molecule has 2 aromatic carbocycles. The van der Waals surface area contributed by atoms with Crippen molar-refractivity contribution in [1.82, 2.24) is 4.98 Å². The number of aromatic nitrogens is 1. The highest BCUT2D eigenvalue weighted by Crippen LogP contribution is 2.32. The van der Waals surface area contributed by atoms with Crippen molar-refractivity contribution in [3.63, 3.8) is 0 Å². The van der Waals surface area contributed by atoms with Crippen molar-refractivity contribution in [2.24, 2.45) is 0 Å². The molecule has 0 aliphatic carbocycles. The van der Waals surface area contributed by atoms with Crippen LogP contribution in [0.15, 0.2) is 59.3 Å². The van der Waals surface area contributed by atoms with Crippen LogP contribution in [-0.2, 0) is 14.3 Å². The first kappa shape index (κ1) is 25.0. The van der Waals surface area contributed by atoms with Crippen LogP contribution in [0.25, 0.3) is 0 Å². The summed E-state index contributed by atoms with van der Waals surface area (Å²) in [5, 5.41) is 5.17. The lowest BCUT2D eigenvalue weighted by molar-refractivity contribution is -0.120. The highest BCUT2D eigenvalue weighted by atomic mass is 35.5. The average molecular weight is 529 g/mol. The van der Waals surface area contributed by atoms with Gasteiger partial charge in [-0.15, -0.1) is 0 Å². The van der Waals surface area contributed by atoms with Crippen LogP contribution >= 0.6 is 22.9 Å². The molecule has 3 amide bonds. The molecule has 0 atom stereocenters. The van der Waals surface area contributed by atoms with E-state index in [9.17, 15) is 23.6 Å². The molecule has 1 aromatic heterocycles. The Kier molecular flexibility index (Phi) is 7.13. The first-order chi connectivity index (χ1) is 17.2. The van der Waals surface area contributed by atoms with Crippen LogP contribution in [0.2, 0.25) is 0 Å². The number of imide groups is 1. The van der Waals surface area contributed by atoms with Gasteiger partial charge in [-0.25, -0.2) is 19.1 Å². The highest BCUT2D eigenvalue weighted by Gasteiger charge is 2.40. The molecule has 0 fully saturated rings. The molecular formula is C24H18ClFN4O5S. The summed E-state index contributed by atoms with van der Waals surface area (Å²) >= 11 is 7.09. The molecule has 1 aliphatic heterocycles. The maximum absolute atomic E-state index is 14.2. The van der Waals surface area contributed by atoms with E-state index in [1.54, 1.807) is 26.0 Å². The van der Waals surface area contributed by atoms with Gasteiger partial charge in [0.15, 0.2) is 5.13 Å². The van der Waals surface area contributed by atoms with Crippen LogP contribution in [-0.4, -0.2) is 35.3 Å². The van der Waals surface area contributed by atoms with Crippen molar-refractivity contribution in [2.45, 2.75) is 13.8 Å². The molecule has 0 radical (unpaired) electrons. The van der Waals surface area contributed by atoms with Gasteiger partial charge in [0.1, 0.15) is 21.4 Å². The number of hydrogen-bond donors (Lipinski definition) is 2. The number of anilines is 3. The zero-order valence-corrected chi connectivity index (χ0v) is 20.5. The lowest BCUT2D eigenvalue weighted by atomic mass is 10.2. The predicted octanol–water partition coefficient (Wildman–Crippen LogP) is 4.46. The normalized spacial score (nSPS) is 13.3. The van der Waals surface area contributed by atoms with Crippen LogP contribution in [0.3, 0.4) is 0 Å². The second kappa shape index (κ2) is 10.3. The number of para-hydroxylation sites is 1. The van der Waals surface area contributed by atoms with E-state index in [-0.39, 0.29) is 39.3 Å². The Morgan fingerprint density at radius 3 is 2.61 bits per heavy atom. The Bertz CT molecular complexity index is 1440. The minimum atomic E-state index is -0.875. The molecule has 0 saturated carbocycles. The second-order valence-electron chi connectivity index (χ2n) is 7.40. The number of hydrogen-bond acceptors (Lipinski definition) is 8. The molecule has 0 unspecified atom stereocenters. The Morgan fingerprint density at radius 2 is 1.89 bits per heavy atom. The number of nitrogens with zero attached hydrogens (tertiary/aromatic N) is 2. The minimum Gasteiger partial charge on any atom is -0.462 e.